The van der Waals surface area contributed by atoms with Gasteiger partial charge in [0.15, 0.2) is 16.7 Å². The smallest absolute Gasteiger partial charge is 0.267 e. The van der Waals surface area contributed by atoms with Gasteiger partial charge in [-0.2, -0.15) is 5.10 Å². The number of thioether (sulfide) groups is 1. The third-order valence-corrected chi connectivity index (χ3v) is 6.10. The van der Waals surface area contributed by atoms with E-state index in [1.54, 1.807) is 48.5 Å². The van der Waals surface area contributed by atoms with Crippen LogP contribution in [0.25, 0.3) is 6.08 Å². The van der Waals surface area contributed by atoms with E-state index in [4.69, 9.17) is 9.15 Å². The van der Waals surface area contributed by atoms with E-state index in [-0.39, 0.29) is 24.0 Å². The van der Waals surface area contributed by atoms with Gasteiger partial charge in [-0.15, -0.1) is 5.10 Å². The summed E-state index contributed by atoms with van der Waals surface area (Å²) in [5, 5.41) is 28.5. The molecular weight excluding hydrogens is 510 g/mol. The van der Waals surface area contributed by atoms with Gasteiger partial charge in [0.1, 0.15) is 11.5 Å². The van der Waals surface area contributed by atoms with Gasteiger partial charge < -0.3 is 19.4 Å². The predicted molar refractivity (Wildman–Crippen MR) is 130 cm³/mol. The molecule has 2 heterocycles. The maximum Gasteiger partial charge on any atom is 0.267 e. The second-order valence-electron chi connectivity index (χ2n) is 6.84. The third kappa shape index (κ3) is 5.29. The molecule has 0 spiro atoms. The lowest BCUT2D eigenvalue weighted by atomic mass is 10.2. The number of phenolic OH excluding ortho intramolecular Hbond substituents is 2. The molecule has 1 amide bonds. The normalized spacial score (nSPS) is 16.4. The minimum Gasteiger partial charge on any atom is -0.507 e. The number of hydrogen-bond acceptors (Lipinski definition) is 8. The molecule has 0 unspecified atom stereocenters. The number of methoxy groups -OCH3 is 1. The van der Waals surface area contributed by atoms with E-state index >= 15 is 0 Å². The fourth-order valence-corrected chi connectivity index (χ4v) is 4.30. The van der Waals surface area contributed by atoms with Crippen LogP contribution >= 0.6 is 27.7 Å². The zero-order valence-corrected chi connectivity index (χ0v) is 19.7. The predicted octanol–water partition coefficient (Wildman–Crippen LogP) is 4.97. The minimum atomic E-state index is -0.261. The molecule has 1 fully saturated rings. The Morgan fingerprint density at radius 3 is 2.76 bits per heavy atom. The second kappa shape index (κ2) is 9.97. The van der Waals surface area contributed by atoms with Crippen LogP contribution in [-0.4, -0.2) is 39.5 Å². The SMILES string of the molecule is COc1cc(/C=C2\S/C(=N/N=C\c3cc(Br)ccc3O)N(Cc3ccco3)C2=O)ccc1O. The largest absolute Gasteiger partial charge is 0.507 e. The quantitative estimate of drug-likeness (QED) is 0.266. The summed E-state index contributed by atoms with van der Waals surface area (Å²) >= 11 is 4.51. The van der Waals surface area contributed by atoms with E-state index < -0.39 is 0 Å². The van der Waals surface area contributed by atoms with Crippen molar-refractivity contribution >= 4 is 51.1 Å². The number of ether oxygens (including phenoxy) is 1. The van der Waals surface area contributed by atoms with Crippen LogP contribution in [0.2, 0.25) is 0 Å². The van der Waals surface area contributed by atoms with Crippen molar-refractivity contribution in [3.05, 3.63) is 81.1 Å². The number of carbonyl (C=O) groups is 1. The minimum absolute atomic E-state index is 0.0110. The number of benzene rings is 2. The van der Waals surface area contributed by atoms with Gasteiger partial charge in [-0.1, -0.05) is 22.0 Å². The number of hydrogen-bond donors (Lipinski definition) is 2. The van der Waals surface area contributed by atoms with Crippen molar-refractivity contribution in [3.63, 3.8) is 0 Å². The van der Waals surface area contributed by atoms with Crippen LogP contribution in [0.1, 0.15) is 16.9 Å². The molecule has 1 aliphatic rings. The molecule has 33 heavy (non-hydrogen) atoms. The third-order valence-electron chi connectivity index (χ3n) is 4.61. The molecular formula is C23H18BrN3O5S. The average Bonchev–Trinajstić information content (AvgIpc) is 3.41. The van der Waals surface area contributed by atoms with Gasteiger partial charge in [0.05, 0.1) is 31.0 Å². The van der Waals surface area contributed by atoms with E-state index in [2.05, 4.69) is 26.1 Å². The molecule has 0 bridgehead atoms. The number of amides is 1. The lowest BCUT2D eigenvalue weighted by Crippen LogP contribution is -2.28. The Morgan fingerprint density at radius 1 is 1.18 bits per heavy atom. The summed E-state index contributed by atoms with van der Waals surface area (Å²) in [4.78, 5) is 15.0. The average molecular weight is 528 g/mol. The molecule has 0 atom stereocenters. The zero-order valence-electron chi connectivity index (χ0n) is 17.3. The number of rotatable bonds is 6. The molecule has 8 nitrogen and oxygen atoms in total. The van der Waals surface area contributed by atoms with Crippen LogP contribution in [0, 0.1) is 0 Å². The first-order valence-corrected chi connectivity index (χ1v) is 11.3. The first-order valence-electron chi connectivity index (χ1n) is 9.65. The summed E-state index contributed by atoms with van der Waals surface area (Å²) in [6.45, 7) is 0.186. The van der Waals surface area contributed by atoms with Gasteiger partial charge in [-0.05, 0) is 65.9 Å². The number of nitrogens with zero attached hydrogens (tertiary/aromatic N) is 3. The highest BCUT2D eigenvalue weighted by molar-refractivity contribution is 9.10. The van der Waals surface area contributed by atoms with Gasteiger partial charge in [0.25, 0.3) is 5.91 Å². The van der Waals surface area contributed by atoms with Crippen LogP contribution in [0.4, 0.5) is 0 Å². The van der Waals surface area contributed by atoms with Crippen LogP contribution in [0.15, 0.2) is 78.8 Å². The summed E-state index contributed by atoms with van der Waals surface area (Å²) in [6.07, 6.45) is 4.64. The number of aromatic hydroxyl groups is 2. The van der Waals surface area contributed by atoms with E-state index in [0.29, 0.717) is 32.7 Å². The van der Waals surface area contributed by atoms with Crippen molar-refractivity contribution < 1.29 is 24.2 Å². The van der Waals surface area contributed by atoms with Crippen molar-refractivity contribution in [1.82, 2.24) is 4.90 Å². The van der Waals surface area contributed by atoms with Crippen molar-refractivity contribution in [3.8, 4) is 17.2 Å². The molecule has 4 rings (SSSR count). The molecule has 2 aromatic carbocycles. The van der Waals surface area contributed by atoms with E-state index in [0.717, 1.165) is 16.2 Å². The molecule has 1 aromatic heterocycles. The zero-order chi connectivity index (χ0) is 23.4. The number of phenols is 2. The Labute approximate surface area is 202 Å². The van der Waals surface area contributed by atoms with Gasteiger partial charge in [-0.25, -0.2) is 0 Å². The molecule has 3 aromatic rings. The standard InChI is InChI=1S/C23H18BrN3O5S/c1-31-20-9-14(4-6-19(20)29)10-21-22(30)27(13-17-3-2-8-32-17)23(33-21)26-25-12-15-11-16(24)5-7-18(15)28/h2-12,28-29H,13H2,1H3/b21-10-,25-12-,26-23+. The summed E-state index contributed by atoms with van der Waals surface area (Å²) in [5.74, 6) is 0.712. The topological polar surface area (TPSA) is 108 Å². The summed E-state index contributed by atoms with van der Waals surface area (Å²) in [7, 11) is 1.46. The lowest BCUT2D eigenvalue weighted by molar-refractivity contribution is -0.122. The maximum absolute atomic E-state index is 13.1. The Balaban J connectivity index is 1.65. The van der Waals surface area contributed by atoms with Crippen LogP contribution < -0.4 is 4.74 Å². The molecule has 1 saturated heterocycles. The molecule has 0 saturated carbocycles. The molecule has 168 valence electrons. The van der Waals surface area contributed by atoms with Crippen LogP contribution in [-0.2, 0) is 11.3 Å². The first kappa shape index (κ1) is 22.7. The molecule has 2 N–H and O–H groups in total. The highest BCUT2D eigenvalue weighted by atomic mass is 79.9. The Bertz CT molecular complexity index is 1270. The van der Waals surface area contributed by atoms with Crippen molar-refractivity contribution in [2.75, 3.05) is 7.11 Å². The summed E-state index contributed by atoms with van der Waals surface area (Å²) in [6, 6.07) is 13.3. The van der Waals surface area contributed by atoms with E-state index in [1.165, 1.54) is 30.6 Å². The summed E-state index contributed by atoms with van der Waals surface area (Å²) < 4.78 is 11.3. The van der Waals surface area contributed by atoms with E-state index in [9.17, 15) is 15.0 Å². The Kier molecular flexibility index (Phi) is 6.85. The monoisotopic (exact) mass is 527 g/mol. The Morgan fingerprint density at radius 2 is 2.00 bits per heavy atom. The fraction of sp³-hybridized carbons (Fsp3) is 0.0870. The lowest BCUT2D eigenvalue weighted by Gasteiger charge is -2.12. The molecule has 10 heteroatoms. The number of carbonyl (C=O) groups excluding carboxylic acids is 1. The van der Waals surface area contributed by atoms with Gasteiger partial charge >= 0.3 is 0 Å². The van der Waals surface area contributed by atoms with Crippen molar-refractivity contribution in [2.45, 2.75) is 6.54 Å². The second-order valence-corrected chi connectivity index (χ2v) is 8.77. The fourth-order valence-electron chi connectivity index (χ4n) is 2.99. The molecule has 1 aliphatic heterocycles. The number of furan rings is 1. The molecule has 0 aliphatic carbocycles. The number of amidine groups is 1. The maximum atomic E-state index is 13.1. The first-order chi connectivity index (χ1) is 15.9. The highest BCUT2D eigenvalue weighted by Gasteiger charge is 2.34. The highest BCUT2D eigenvalue weighted by Crippen LogP contribution is 2.35. The van der Waals surface area contributed by atoms with Gasteiger partial charge in [-0.3, -0.25) is 9.69 Å². The van der Waals surface area contributed by atoms with Crippen LogP contribution in [0.3, 0.4) is 0 Å². The Hall–Kier alpha value is -3.50. The number of halogens is 1. The van der Waals surface area contributed by atoms with Gasteiger partial charge in [0.2, 0.25) is 0 Å². The van der Waals surface area contributed by atoms with Crippen LogP contribution in [0.5, 0.6) is 17.2 Å². The van der Waals surface area contributed by atoms with Crippen molar-refractivity contribution in [2.24, 2.45) is 10.2 Å². The van der Waals surface area contributed by atoms with E-state index in [1.807, 2.05) is 0 Å². The molecule has 0 radical (unpaired) electrons. The van der Waals surface area contributed by atoms with Gasteiger partial charge in [0, 0.05) is 10.0 Å². The summed E-state index contributed by atoms with van der Waals surface area (Å²) in [5.41, 5.74) is 1.16. The van der Waals surface area contributed by atoms with Crippen molar-refractivity contribution in [1.29, 1.82) is 0 Å².